The summed E-state index contributed by atoms with van der Waals surface area (Å²) in [5.41, 5.74) is -1.05. The van der Waals surface area contributed by atoms with Gasteiger partial charge in [-0.1, -0.05) is 17.7 Å². The van der Waals surface area contributed by atoms with Crippen molar-refractivity contribution in [3.8, 4) is 5.75 Å². The number of alkyl halides is 4. The molecule has 1 aliphatic carbocycles. The van der Waals surface area contributed by atoms with Crippen molar-refractivity contribution in [3.05, 3.63) is 58.1 Å². The zero-order valence-corrected chi connectivity index (χ0v) is 23.5. The second kappa shape index (κ2) is 12.6. The molecule has 3 rings (SSSR count). The maximum Gasteiger partial charge on any atom is 0.272 e. The van der Waals surface area contributed by atoms with Gasteiger partial charge >= 0.3 is 0 Å². The maximum absolute atomic E-state index is 13.8. The van der Waals surface area contributed by atoms with Crippen LogP contribution in [0.1, 0.15) is 73.2 Å². The van der Waals surface area contributed by atoms with E-state index < -0.39 is 42.0 Å². The summed E-state index contributed by atoms with van der Waals surface area (Å²) in [6.07, 6.45) is -0.798. The summed E-state index contributed by atoms with van der Waals surface area (Å²) < 4.78 is 58.3. The van der Waals surface area contributed by atoms with Crippen molar-refractivity contribution in [2.24, 2.45) is 11.3 Å². The van der Waals surface area contributed by atoms with E-state index in [0.29, 0.717) is 18.4 Å². The number of benzene rings is 2. The Hall–Kier alpha value is -3.14. The highest BCUT2D eigenvalue weighted by molar-refractivity contribution is 6.34. The van der Waals surface area contributed by atoms with E-state index in [1.54, 1.807) is 6.07 Å². The van der Waals surface area contributed by atoms with Crippen molar-refractivity contribution in [1.29, 1.82) is 0 Å². The molecule has 0 heterocycles. The van der Waals surface area contributed by atoms with E-state index >= 15 is 0 Å². The number of rotatable bonds is 13. The summed E-state index contributed by atoms with van der Waals surface area (Å²) in [4.78, 5) is 38.5. The van der Waals surface area contributed by atoms with Crippen LogP contribution in [0, 0.1) is 11.3 Å². The lowest BCUT2D eigenvalue weighted by molar-refractivity contribution is -0.149. The molecule has 2 N–H and O–H groups in total. The minimum atomic E-state index is -3.19. The number of nitrogens with one attached hydrogen (secondary N) is 2. The molecule has 0 bridgehead atoms. The van der Waals surface area contributed by atoms with Crippen LogP contribution in [0.15, 0.2) is 36.4 Å². The zero-order chi connectivity index (χ0) is 29.8. The third-order valence-electron chi connectivity index (χ3n) is 7.25. The fourth-order valence-corrected chi connectivity index (χ4v) is 4.18. The molecule has 0 spiro atoms. The average Bonchev–Trinajstić information content (AvgIpc) is 3.72. The largest absolute Gasteiger partial charge is 0.487 e. The van der Waals surface area contributed by atoms with Crippen LogP contribution in [0.4, 0.5) is 23.2 Å². The summed E-state index contributed by atoms with van der Waals surface area (Å²) in [7, 11) is 0. The molecule has 1 saturated carbocycles. The number of amides is 2. The van der Waals surface area contributed by atoms with Gasteiger partial charge in [0.05, 0.1) is 21.6 Å². The normalized spacial score (nSPS) is 14.6. The smallest absolute Gasteiger partial charge is 0.272 e. The number of anilines is 1. The van der Waals surface area contributed by atoms with Gasteiger partial charge in [0.1, 0.15) is 18.1 Å². The topological polar surface area (TPSA) is 84.5 Å². The summed E-state index contributed by atoms with van der Waals surface area (Å²) in [5.74, 6) is -4.66. The van der Waals surface area contributed by atoms with Crippen LogP contribution in [0.25, 0.3) is 0 Å². The fourth-order valence-electron chi connectivity index (χ4n) is 3.98. The first kappa shape index (κ1) is 31.4. The first-order chi connectivity index (χ1) is 18.6. The number of carbonyl (C=O) groups is 3. The molecule has 1 atom stereocenters. The molecule has 1 fully saturated rings. The summed E-state index contributed by atoms with van der Waals surface area (Å²) >= 11 is 6.24. The van der Waals surface area contributed by atoms with Crippen molar-refractivity contribution in [1.82, 2.24) is 5.32 Å². The number of ether oxygens (including phenoxy) is 1. The van der Waals surface area contributed by atoms with Gasteiger partial charge in [0.2, 0.25) is 0 Å². The molecule has 0 aromatic heterocycles. The SMILES string of the molecule is CC(NC(=O)c1cc(NC(=O)c2cc(CCC(=O)C(C)(C)C(C)(F)F)ccc2Cl)ccc1OCC(F)F)C1CC1. The Morgan fingerprint density at radius 3 is 2.30 bits per heavy atom. The number of carbonyl (C=O) groups excluding carboxylic acids is 3. The van der Waals surface area contributed by atoms with Crippen LogP contribution in [0.2, 0.25) is 5.02 Å². The van der Waals surface area contributed by atoms with Crippen LogP contribution in [0.5, 0.6) is 5.75 Å². The predicted octanol–water partition coefficient (Wildman–Crippen LogP) is 6.95. The lowest BCUT2D eigenvalue weighted by Gasteiger charge is -2.29. The van der Waals surface area contributed by atoms with Gasteiger partial charge < -0.3 is 15.4 Å². The molecule has 11 heteroatoms. The Morgan fingerprint density at radius 1 is 1.02 bits per heavy atom. The second-order valence-corrected chi connectivity index (χ2v) is 11.1. The van der Waals surface area contributed by atoms with Crippen molar-refractivity contribution in [2.75, 3.05) is 11.9 Å². The van der Waals surface area contributed by atoms with Crippen molar-refractivity contribution >= 4 is 34.9 Å². The summed E-state index contributed by atoms with van der Waals surface area (Å²) in [6, 6.07) is 8.48. The number of Topliss-reactive ketones (excluding diaryl/α,β-unsaturated/α-hetero) is 1. The molecule has 1 unspecified atom stereocenters. The van der Waals surface area contributed by atoms with E-state index in [9.17, 15) is 31.9 Å². The van der Waals surface area contributed by atoms with Crippen molar-refractivity contribution < 1.29 is 36.7 Å². The van der Waals surface area contributed by atoms with E-state index in [2.05, 4.69) is 10.6 Å². The highest BCUT2D eigenvalue weighted by Gasteiger charge is 2.47. The quantitative estimate of drug-likeness (QED) is 0.250. The molecular formula is C29H33ClF4N2O4. The monoisotopic (exact) mass is 584 g/mol. The minimum absolute atomic E-state index is 0.0142. The van der Waals surface area contributed by atoms with Gasteiger partial charge in [0.25, 0.3) is 24.2 Å². The molecule has 218 valence electrons. The van der Waals surface area contributed by atoms with Gasteiger partial charge in [-0.15, -0.1) is 0 Å². The van der Waals surface area contributed by atoms with E-state index in [4.69, 9.17) is 16.3 Å². The lowest BCUT2D eigenvalue weighted by Crippen LogP contribution is -2.40. The number of aryl methyl sites for hydroxylation is 1. The molecule has 0 saturated heterocycles. The maximum atomic E-state index is 13.8. The van der Waals surface area contributed by atoms with Gasteiger partial charge in [0.15, 0.2) is 0 Å². The van der Waals surface area contributed by atoms with E-state index in [-0.39, 0.29) is 46.5 Å². The van der Waals surface area contributed by atoms with Crippen LogP contribution in [-0.4, -0.2) is 42.6 Å². The molecule has 0 radical (unpaired) electrons. The third-order valence-corrected chi connectivity index (χ3v) is 7.58. The van der Waals surface area contributed by atoms with Crippen LogP contribution < -0.4 is 15.4 Å². The number of hydrogen-bond donors (Lipinski definition) is 2. The number of hydrogen-bond acceptors (Lipinski definition) is 4. The Kier molecular flexibility index (Phi) is 9.87. The molecular weight excluding hydrogens is 552 g/mol. The van der Waals surface area contributed by atoms with Crippen LogP contribution >= 0.6 is 11.6 Å². The Bertz CT molecular complexity index is 1260. The van der Waals surface area contributed by atoms with Crippen LogP contribution in [-0.2, 0) is 11.2 Å². The molecule has 2 aromatic carbocycles. The van der Waals surface area contributed by atoms with E-state index in [0.717, 1.165) is 12.8 Å². The first-order valence-corrected chi connectivity index (χ1v) is 13.3. The van der Waals surface area contributed by atoms with Crippen molar-refractivity contribution in [2.45, 2.75) is 71.8 Å². The summed E-state index contributed by atoms with van der Waals surface area (Å²) in [6.45, 7) is 4.05. The Balaban J connectivity index is 1.77. The van der Waals surface area contributed by atoms with E-state index in [1.165, 1.54) is 44.2 Å². The highest BCUT2D eigenvalue weighted by atomic mass is 35.5. The van der Waals surface area contributed by atoms with Crippen molar-refractivity contribution in [3.63, 3.8) is 0 Å². The van der Waals surface area contributed by atoms with Gasteiger partial charge in [0, 0.05) is 25.1 Å². The third kappa shape index (κ3) is 7.96. The summed E-state index contributed by atoms with van der Waals surface area (Å²) in [5, 5.41) is 5.59. The molecule has 0 aliphatic heterocycles. The highest BCUT2D eigenvalue weighted by Crippen LogP contribution is 2.38. The first-order valence-electron chi connectivity index (χ1n) is 13.0. The Morgan fingerprint density at radius 2 is 1.70 bits per heavy atom. The molecule has 2 amide bonds. The molecule has 40 heavy (non-hydrogen) atoms. The van der Waals surface area contributed by atoms with Gasteiger partial charge in [-0.05, 0) is 81.8 Å². The number of halogens is 5. The predicted molar refractivity (Wildman–Crippen MR) is 145 cm³/mol. The Labute approximate surface area is 235 Å². The molecule has 1 aliphatic rings. The zero-order valence-electron chi connectivity index (χ0n) is 22.8. The van der Waals surface area contributed by atoms with Crippen LogP contribution in [0.3, 0.4) is 0 Å². The van der Waals surface area contributed by atoms with Gasteiger partial charge in [-0.2, -0.15) is 0 Å². The number of ketones is 1. The molecule has 6 nitrogen and oxygen atoms in total. The minimum Gasteiger partial charge on any atom is -0.487 e. The second-order valence-electron chi connectivity index (χ2n) is 10.7. The van der Waals surface area contributed by atoms with Gasteiger partial charge in [-0.3, -0.25) is 14.4 Å². The average molecular weight is 585 g/mol. The lowest BCUT2D eigenvalue weighted by atomic mass is 9.80. The van der Waals surface area contributed by atoms with Gasteiger partial charge in [-0.25, -0.2) is 17.6 Å². The molecule has 2 aromatic rings. The van der Waals surface area contributed by atoms with E-state index in [1.807, 2.05) is 6.92 Å². The standard InChI is InChI=1S/C29H33ClF4N2O4/c1-16(18-7-8-18)35-27(39)21-14-19(9-11-23(21)40-15-25(31)32)36-26(38)20-13-17(5-10-22(20)30)6-12-24(37)28(2,3)29(4,33)34/h5,9-11,13-14,16,18,25H,6-8,12,15H2,1-4H3,(H,35,39)(H,36,38). The fraction of sp³-hybridized carbons (Fsp3) is 0.483.